The third-order valence-electron chi connectivity index (χ3n) is 1.32. The van der Waals surface area contributed by atoms with E-state index in [4.69, 9.17) is 9.47 Å². The van der Waals surface area contributed by atoms with E-state index in [0.717, 1.165) is 0 Å². The molecular formula is C11H18O2. The highest BCUT2D eigenvalue weighted by molar-refractivity contribution is 5.01. The van der Waals surface area contributed by atoms with Crippen LogP contribution in [-0.2, 0) is 9.47 Å². The zero-order valence-electron chi connectivity index (χ0n) is 8.40. The predicted octanol–water partition coefficient (Wildman–Crippen LogP) is 2.68. The summed E-state index contributed by atoms with van der Waals surface area (Å²) in [7, 11) is 0. The summed E-state index contributed by atoms with van der Waals surface area (Å²) in [6, 6.07) is 0. The second kappa shape index (κ2) is 9.23. The van der Waals surface area contributed by atoms with Crippen LogP contribution in [0.25, 0.3) is 0 Å². The van der Waals surface area contributed by atoms with E-state index in [0.29, 0.717) is 13.2 Å². The molecule has 0 rings (SSSR count). The normalized spacial score (nSPS) is 14.0. The molecule has 1 unspecified atom stereocenters. The first-order chi connectivity index (χ1) is 6.35. The van der Waals surface area contributed by atoms with E-state index in [1.54, 1.807) is 6.08 Å². The molecule has 0 amide bonds. The van der Waals surface area contributed by atoms with Gasteiger partial charge < -0.3 is 9.47 Å². The summed E-state index contributed by atoms with van der Waals surface area (Å²) >= 11 is 0. The standard InChI is InChI=1S/C11H18O2/c1-4-7-8-9-10-13-11(5-2)12-6-3/h4-5,7-9,11H,2,6,10H2,1,3H3. The van der Waals surface area contributed by atoms with Crippen molar-refractivity contribution in [3.05, 3.63) is 37.0 Å². The molecule has 0 radical (unpaired) electrons. The molecular weight excluding hydrogens is 164 g/mol. The Morgan fingerprint density at radius 3 is 2.62 bits per heavy atom. The first-order valence-corrected chi connectivity index (χ1v) is 4.48. The van der Waals surface area contributed by atoms with Gasteiger partial charge in [0.2, 0.25) is 0 Å². The molecule has 0 aromatic rings. The van der Waals surface area contributed by atoms with Gasteiger partial charge in [0.15, 0.2) is 6.29 Å². The second-order valence-corrected chi connectivity index (χ2v) is 2.35. The van der Waals surface area contributed by atoms with Crippen molar-refractivity contribution < 1.29 is 9.47 Å². The maximum atomic E-state index is 5.32. The fourth-order valence-corrected chi connectivity index (χ4v) is 0.744. The van der Waals surface area contributed by atoms with Gasteiger partial charge in [-0.2, -0.15) is 0 Å². The van der Waals surface area contributed by atoms with Crippen LogP contribution in [0.4, 0.5) is 0 Å². The van der Waals surface area contributed by atoms with Crippen LogP contribution in [0.2, 0.25) is 0 Å². The highest BCUT2D eigenvalue weighted by atomic mass is 16.7. The van der Waals surface area contributed by atoms with E-state index in [-0.39, 0.29) is 6.29 Å². The Hall–Kier alpha value is -0.860. The van der Waals surface area contributed by atoms with Crippen molar-refractivity contribution in [1.29, 1.82) is 0 Å². The molecule has 0 heterocycles. The van der Waals surface area contributed by atoms with Crippen LogP contribution in [-0.4, -0.2) is 19.5 Å². The van der Waals surface area contributed by atoms with Crippen LogP contribution in [0.1, 0.15) is 13.8 Å². The molecule has 0 aromatic carbocycles. The van der Waals surface area contributed by atoms with Crippen molar-refractivity contribution in [3.63, 3.8) is 0 Å². The Kier molecular flexibility index (Phi) is 8.62. The minimum absolute atomic E-state index is 0.291. The Morgan fingerprint density at radius 2 is 2.08 bits per heavy atom. The van der Waals surface area contributed by atoms with Gasteiger partial charge in [0.05, 0.1) is 6.61 Å². The second-order valence-electron chi connectivity index (χ2n) is 2.35. The molecule has 0 aliphatic carbocycles. The van der Waals surface area contributed by atoms with Crippen LogP contribution in [0.5, 0.6) is 0 Å². The van der Waals surface area contributed by atoms with Crippen molar-refractivity contribution in [2.75, 3.05) is 13.2 Å². The summed E-state index contributed by atoms with van der Waals surface area (Å²) in [6.07, 6.45) is 9.13. The fourth-order valence-electron chi connectivity index (χ4n) is 0.744. The van der Waals surface area contributed by atoms with Gasteiger partial charge in [0, 0.05) is 6.61 Å². The van der Waals surface area contributed by atoms with Gasteiger partial charge in [-0.15, -0.1) is 0 Å². The van der Waals surface area contributed by atoms with E-state index in [2.05, 4.69) is 6.58 Å². The van der Waals surface area contributed by atoms with Crippen LogP contribution in [0.15, 0.2) is 37.0 Å². The maximum Gasteiger partial charge on any atom is 0.176 e. The molecule has 2 heteroatoms. The molecule has 0 N–H and O–H groups in total. The molecule has 0 spiro atoms. The number of allylic oxidation sites excluding steroid dienone is 3. The molecule has 0 saturated carbocycles. The topological polar surface area (TPSA) is 18.5 Å². The zero-order valence-corrected chi connectivity index (χ0v) is 8.40. The first kappa shape index (κ1) is 12.1. The summed E-state index contributed by atoms with van der Waals surface area (Å²) in [5, 5.41) is 0. The summed E-state index contributed by atoms with van der Waals surface area (Å²) in [5.41, 5.74) is 0. The lowest BCUT2D eigenvalue weighted by Gasteiger charge is -2.11. The SMILES string of the molecule is C=CC(OCC)OCC=CC=CC. The Labute approximate surface area is 80.5 Å². The van der Waals surface area contributed by atoms with Crippen LogP contribution in [0, 0.1) is 0 Å². The number of rotatable bonds is 7. The summed E-state index contributed by atoms with van der Waals surface area (Å²) in [5.74, 6) is 0. The number of ether oxygens (including phenoxy) is 2. The third-order valence-corrected chi connectivity index (χ3v) is 1.32. The Balaban J connectivity index is 3.53. The van der Waals surface area contributed by atoms with Crippen molar-refractivity contribution in [2.45, 2.75) is 20.1 Å². The molecule has 13 heavy (non-hydrogen) atoms. The highest BCUT2D eigenvalue weighted by Gasteiger charge is 1.99. The molecule has 0 aliphatic heterocycles. The minimum atomic E-state index is -0.291. The molecule has 0 aromatic heterocycles. The van der Waals surface area contributed by atoms with Gasteiger partial charge in [-0.1, -0.05) is 30.9 Å². The van der Waals surface area contributed by atoms with Crippen LogP contribution in [0.3, 0.4) is 0 Å². The van der Waals surface area contributed by atoms with Gasteiger partial charge in [-0.25, -0.2) is 0 Å². The van der Waals surface area contributed by atoms with E-state index in [1.165, 1.54) is 0 Å². The first-order valence-electron chi connectivity index (χ1n) is 4.48. The number of hydrogen-bond acceptors (Lipinski definition) is 2. The molecule has 0 fully saturated rings. The van der Waals surface area contributed by atoms with Crippen LogP contribution >= 0.6 is 0 Å². The maximum absolute atomic E-state index is 5.32. The largest absolute Gasteiger partial charge is 0.349 e. The lowest BCUT2D eigenvalue weighted by atomic mass is 10.4. The average molecular weight is 182 g/mol. The predicted molar refractivity (Wildman–Crippen MR) is 55.5 cm³/mol. The monoisotopic (exact) mass is 182 g/mol. The van der Waals surface area contributed by atoms with E-state index in [9.17, 15) is 0 Å². The van der Waals surface area contributed by atoms with E-state index >= 15 is 0 Å². The van der Waals surface area contributed by atoms with Crippen LogP contribution < -0.4 is 0 Å². The molecule has 2 nitrogen and oxygen atoms in total. The van der Waals surface area contributed by atoms with Crippen molar-refractivity contribution in [3.8, 4) is 0 Å². The van der Waals surface area contributed by atoms with Gasteiger partial charge in [-0.05, 0) is 19.9 Å². The zero-order chi connectivity index (χ0) is 9.94. The molecule has 0 saturated heterocycles. The lowest BCUT2D eigenvalue weighted by molar-refractivity contribution is -0.0983. The summed E-state index contributed by atoms with van der Waals surface area (Å²) in [6.45, 7) is 8.68. The minimum Gasteiger partial charge on any atom is -0.349 e. The summed E-state index contributed by atoms with van der Waals surface area (Å²) < 4.78 is 10.5. The van der Waals surface area contributed by atoms with Gasteiger partial charge in [0.1, 0.15) is 0 Å². The number of hydrogen-bond donors (Lipinski definition) is 0. The van der Waals surface area contributed by atoms with E-state index < -0.39 is 0 Å². The fraction of sp³-hybridized carbons (Fsp3) is 0.455. The Morgan fingerprint density at radius 1 is 1.31 bits per heavy atom. The van der Waals surface area contributed by atoms with Gasteiger partial charge in [-0.3, -0.25) is 0 Å². The van der Waals surface area contributed by atoms with Crippen molar-refractivity contribution in [1.82, 2.24) is 0 Å². The molecule has 1 atom stereocenters. The summed E-state index contributed by atoms with van der Waals surface area (Å²) in [4.78, 5) is 0. The molecule has 0 bridgehead atoms. The average Bonchev–Trinajstić information content (AvgIpc) is 2.16. The quantitative estimate of drug-likeness (QED) is 0.342. The smallest absolute Gasteiger partial charge is 0.176 e. The highest BCUT2D eigenvalue weighted by Crippen LogP contribution is 1.95. The van der Waals surface area contributed by atoms with Gasteiger partial charge in [0.25, 0.3) is 0 Å². The van der Waals surface area contributed by atoms with Crippen molar-refractivity contribution >= 4 is 0 Å². The molecule has 0 aliphatic rings. The van der Waals surface area contributed by atoms with Gasteiger partial charge >= 0.3 is 0 Å². The Bertz CT molecular complexity index is 171. The molecule has 74 valence electrons. The van der Waals surface area contributed by atoms with Crippen molar-refractivity contribution in [2.24, 2.45) is 0 Å². The lowest BCUT2D eigenvalue weighted by Crippen LogP contribution is -2.13. The van der Waals surface area contributed by atoms with E-state index in [1.807, 2.05) is 38.2 Å². The third kappa shape index (κ3) is 7.50.